The number of thiocarbonyl (C=S) groups is 1. The number of nitro benzene ring substituents is 1. The molecule has 1 N–H and O–H groups in total. The lowest BCUT2D eigenvalue weighted by molar-refractivity contribution is -0.384. The van der Waals surface area contributed by atoms with E-state index in [-0.39, 0.29) is 22.1 Å². The highest BCUT2D eigenvalue weighted by atomic mass is 32.1. The Morgan fingerprint density at radius 1 is 1.06 bits per heavy atom. The molecule has 0 radical (unpaired) electrons. The number of nitrogens with zero attached hydrogens (tertiary/aromatic N) is 2. The summed E-state index contributed by atoms with van der Waals surface area (Å²) < 4.78 is 5.73. The summed E-state index contributed by atoms with van der Waals surface area (Å²) in [6.45, 7) is 1.84. The van der Waals surface area contributed by atoms with Crippen LogP contribution in [0.4, 0.5) is 11.4 Å². The number of nitro groups is 1. The average molecular weight is 433 g/mol. The Balaban J connectivity index is 1.65. The number of para-hydroxylation sites is 1. The largest absolute Gasteiger partial charge is 0.457 e. The Kier molecular flexibility index (Phi) is 5.18. The topological polar surface area (TPSA) is 106 Å². The Bertz CT molecular complexity index is 1260. The van der Waals surface area contributed by atoms with E-state index in [1.54, 1.807) is 36.4 Å². The van der Waals surface area contributed by atoms with Gasteiger partial charge in [0.1, 0.15) is 17.1 Å². The highest BCUT2D eigenvalue weighted by molar-refractivity contribution is 7.80. The molecule has 9 heteroatoms. The molecule has 1 saturated heterocycles. The third-order valence-electron chi connectivity index (χ3n) is 4.73. The molecule has 1 aliphatic rings. The highest BCUT2D eigenvalue weighted by Gasteiger charge is 2.35. The molecule has 154 valence electrons. The quantitative estimate of drug-likeness (QED) is 0.219. The van der Waals surface area contributed by atoms with Gasteiger partial charge in [-0.15, -0.1) is 0 Å². The lowest BCUT2D eigenvalue weighted by atomic mass is 10.1. The maximum absolute atomic E-state index is 13.1. The van der Waals surface area contributed by atoms with Crippen molar-refractivity contribution in [1.82, 2.24) is 5.32 Å². The molecule has 0 aliphatic carbocycles. The molecule has 1 fully saturated rings. The van der Waals surface area contributed by atoms with Gasteiger partial charge in [-0.1, -0.05) is 18.2 Å². The Labute approximate surface area is 181 Å². The number of non-ortho nitro benzene ring substituents is 1. The molecule has 2 amide bonds. The fraction of sp³-hybridized carbons (Fsp3) is 0.0455. The normalized spacial score (nSPS) is 15.3. The predicted octanol–water partition coefficient (Wildman–Crippen LogP) is 3.99. The minimum atomic E-state index is -0.617. The third-order valence-corrected chi connectivity index (χ3v) is 5.02. The molecule has 31 heavy (non-hydrogen) atoms. The van der Waals surface area contributed by atoms with Crippen molar-refractivity contribution >= 4 is 46.6 Å². The van der Waals surface area contributed by atoms with Crippen LogP contribution < -0.4 is 10.2 Å². The molecule has 3 aromatic rings. The van der Waals surface area contributed by atoms with Gasteiger partial charge in [0.2, 0.25) is 0 Å². The monoisotopic (exact) mass is 433 g/mol. The van der Waals surface area contributed by atoms with Crippen LogP contribution in [0.25, 0.3) is 17.4 Å². The van der Waals surface area contributed by atoms with Gasteiger partial charge in [0, 0.05) is 17.7 Å². The van der Waals surface area contributed by atoms with Crippen LogP contribution in [0.5, 0.6) is 0 Å². The summed E-state index contributed by atoms with van der Waals surface area (Å²) in [7, 11) is 0. The molecule has 1 aromatic heterocycles. The van der Waals surface area contributed by atoms with E-state index >= 15 is 0 Å². The molecule has 0 unspecified atom stereocenters. The van der Waals surface area contributed by atoms with Crippen LogP contribution in [-0.4, -0.2) is 21.9 Å². The number of benzene rings is 2. The van der Waals surface area contributed by atoms with E-state index in [4.69, 9.17) is 16.6 Å². The molecule has 2 heterocycles. The second-order valence-electron chi connectivity index (χ2n) is 6.75. The second-order valence-corrected chi connectivity index (χ2v) is 7.14. The minimum Gasteiger partial charge on any atom is -0.457 e. The predicted molar refractivity (Wildman–Crippen MR) is 118 cm³/mol. The zero-order valence-corrected chi connectivity index (χ0v) is 17.0. The highest BCUT2D eigenvalue weighted by Crippen LogP contribution is 2.28. The fourth-order valence-corrected chi connectivity index (χ4v) is 3.44. The standard InChI is InChI=1S/C22H15N3O5S/c1-13-4-2-3-5-18(13)24-21(27)17(20(26)23-22(24)31)12-16-10-11-19(30-16)14-6-8-15(9-7-14)25(28)29/h2-12H,1H3,(H,23,26,31)/b17-12-. The summed E-state index contributed by atoms with van der Waals surface area (Å²) in [5.74, 6) is -0.453. The SMILES string of the molecule is Cc1ccccc1N1C(=O)/C(=C\c2ccc(-c3ccc([N+](=O)[O-])cc3)o2)C(=O)NC1=S. The van der Waals surface area contributed by atoms with Crippen molar-refractivity contribution in [2.75, 3.05) is 4.90 Å². The van der Waals surface area contributed by atoms with Gasteiger partial charge in [-0.05, 0) is 61.1 Å². The van der Waals surface area contributed by atoms with E-state index < -0.39 is 16.7 Å². The molecule has 0 saturated carbocycles. The number of anilines is 1. The Hall–Kier alpha value is -4.11. The van der Waals surface area contributed by atoms with Gasteiger partial charge in [0.05, 0.1) is 10.6 Å². The molecule has 8 nitrogen and oxygen atoms in total. The lowest BCUT2D eigenvalue weighted by Gasteiger charge is -2.29. The summed E-state index contributed by atoms with van der Waals surface area (Å²) in [5.41, 5.74) is 1.87. The van der Waals surface area contributed by atoms with Gasteiger partial charge in [-0.25, -0.2) is 0 Å². The van der Waals surface area contributed by atoms with Crippen LogP contribution >= 0.6 is 12.2 Å². The maximum Gasteiger partial charge on any atom is 0.270 e. The fourth-order valence-electron chi connectivity index (χ4n) is 3.17. The summed E-state index contributed by atoms with van der Waals surface area (Å²) in [5, 5.41) is 13.3. The Morgan fingerprint density at radius 3 is 2.45 bits per heavy atom. The summed E-state index contributed by atoms with van der Waals surface area (Å²) in [6, 6.07) is 16.3. The number of carbonyl (C=O) groups excluding carboxylic acids is 2. The number of amides is 2. The van der Waals surface area contributed by atoms with Crippen LogP contribution in [0.15, 0.2) is 70.7 Å². The van der Waals surface area contributed by atoms with E-state index in [1.165, 1.54) is 23.1 Å². The molecule has 1 aliphatic heterocycles. The summed E-state index contributed by atoms with van der Waals surface area (Å²) in [4.78, 5) is 37.1. The zero-order chi connectivity index (χ0) is 22.1. The minimum absolute atomic E-state index is 0.00691. The maximum atomic E-state index is 13.1. The number of hydrogen-bond donors (Lipinski definition) is 1. The average Bonchev–Trinajstić information content (AvgIpc) is 3.21. The first-order valence-electron chi connectivity index (χ1n) is 9.17. The number of furan rings is 1. The van der Waals surface area contributed by atoms with E-state index in [1.807, 2.05) is 19.1 Å². The summed E-state index contributed by atoms with van der Waals surface area (Å²) >= 11 is 5.21. The van der Waals surface area contributed by atoms with Gasteiger partial charge >= 0.3 is 0 Å². The van der Waals surface area contributed by atoms with Crippen molar-refractivity contribution in [3.05, 3.63) is 87.7 Å². The molecule has 4 rings (SSSR count). The van der Waals surface area contributed by atoms with Crippen molar-refractivity contribution < 1.29 is 18.9 Å². The number of aryl methyl sites for hydroxylation is 1. The Morgan fingerprint density at radius 2 is 1.77 bits per heavy atom. The van der Waals surface area contributed by atoms with Gasteiger partial charge in [-0.3, -0.25) is 29.9 Å². The van der Waals surface area contributed by atoms with Crippen LogP contribution in [0, 0.1) is 17.0 Å². The summed E-state index contributed by atoms with van der Waals surface area (Å²) in [6.07, 6.45) is 1.35. The van der Waals surface area contributed by atoms with Gasteiger partial charge in [-0.2, -0.15) is 0 Å². The molecular formula is C22H15N3O5S. The number of nitrogens with one attached hydrogen (secondary N) is 1. The molecule has 2 aromatic carbocycles. The van der Waals surface area contributed by atoms with Gasteiger partial charge in [0.25, 0.3) is 17.5 Å². The first kappa shape index (κ1) is 20.2. The van der Waals surface area contributed by atoms with Crippen LogP contribution in [-0.2, 0) is 9.59 Å². The smallest absolute Gasteiger partial charge is 0.270 e. The lowest BCUT2D eigenvalue weighted by Crippen LogP contribution is -2.54. The number of hydrogen-bond acceptors (Lipinski definition) is 6. The van der Waals surface area contributed by atoms with Crippen molar-refractivity contribution in [3.8, 4) is 11.3 Å². The van der Waals surface area contributed by atoms with Crippen LogP contribution in [0.1, 0.15) is 11.3 Å². The number of rotatable bonds is 4. The van der Waals surface area contributed by atoms with Crippen molar-refractivity contribution in [2.24, 2.45) is 0 Å². The molecule has 0 bridgehead atoms. The first-order valence-corrected chi connectivity index (χ1v) is 9.58. The van der Waals surface area contributed by atoms with Crippen LogP contribution in [0.3, 0.4) is 0 Å². The van der Waals surface area contributed by atoms with Gasteiger partial charge in [0.15, 0.2) is 5.11 Å². The van der Waals surface area contributed by atoms with Crippen molar-refractivity contribution in [1.29, 1.82) is 0 Å². The van der Waals surface area contributed by atoms with Crippen molar-refractivity contribution in [2.45, 2.75) is 6.92 Å². The molecule has 0 spiro atoms. The van der Waals surface area contributed by atoms with E-state index in [0.29, 0.717) is 17.0 Å². The second kappa shape index (κ2) is 7.96. The molecule has 0 atom stereocenters. The van der Waals surface area contributed by atoms with E-state index in [0.717, 1.165) is 5.56 Å². The van der Waals surface area contributed by atoms with E-state index in [2.05, 4.69) is 5.32 Å². The van der Waals surface area contributed by atoms with E-state index in [9.17, 15) is 19.7 Å². The van der Waals surface area contributed by atoms with Crippen LogP contribution in [0.2, 0.25) is 0 Å². The third kappa shape index (κ3) is 3.86. The van der Waals surface area contributed by atoms with Gasteiger partial charge < -0.3 is 4.42 Å². The van der Waals surface area contributed by atoms with Crippen molar-refractivity contribution in [3.63, 3.8) is 0 Å². The first-order chi connectivity index (χ1) is 14.8. The molecular weight excluding hydrogens is 418 g/mol. The number of carbonyl (C=O) groups is 2. The zero-order valence-electron chi connectivity index (χ0n) is 16.2.